The Morgan fingerprint density at radius 2 is 1.97 bits per heavy atom. The Kier molecular flexibility index (Phi) is 5.79. The third-order valence-corrected chi connectivity index (χ3v) is 7.65. The summed E-state index contributed by atoms with van der Waals surface area (Å²) in [7, 11) is 0. The molecule has 0 saturated carbocycles. The zero-order valence-electron chi connectivity index (χ0n) is 20.6. The maximum Gasteiger partial charge on any atom is 0.276 e. The number of fused-ring (bicyclic) bond motifs is 2. The molecule has 196 valence electrons. The molecule has 38 heavy (non-hydrogen) atoms. The molecule has 6 rings (SSSR count). The quantitative estimate of drug-likeness (QED) is 0.538. The Balaban J connectivity index is 1.44. The second-order valence-electron chi connectivity index (χ2n) is 9.81. The monoisotopic (exact) mass is 521 g/mol. The van der Waals surface area contributed by atoms with E-state index in [2.05, 4.69) is 5.32 Å². The van der Waals surface area contributed by atoms with Gasteiger partial charge in [-0.2, -0.15) is 0 Å². The largest absolute Gasteiger partial charge is 0.483 e. The van der Waals surface area contributed by atoms with Gasteiger partial charge in [0.1, 0.15) is 23.8 Å². The number of nitrogens with zero attached hydrogens (tertiary/aromatic N) is 2. The van der Waals surface area contributed by atoms with Crippen LogP contribution < -0.4 is 15.5 Å². The lowest BCUT2D eigenvalue weighted by molar-refractivity contribution is -0.0975. The summed E-state index contributed by atoms with van der Waals surface area (Å²) >= 11 is 0. The van der Waals surface area contributed by atoms with Crippen molar-refractivity contribution < 1.29 is 27.8 Å². The van der Waals surface area contributed by atoms with Crippen LogP contribution in [0.25, 0.3) is 0 Å². The maximum absolute atomic E-state index is 14.2. The lowest BCUT2D eigenvalue weighted by Gasteiger charge is -2.44. The highest BCUT2D eigenvalue weighted by Gasteiger charge is 2.56. The number of amides is 2. The molecule has 1 fully saturated rings. The molecule has 2 atom stereocenters. The number of halogens is 2. The van der Waals surface area contributed by atoms with E-state index in [9.17, 15) is 23.2 Å². The molecule has 1 saturated heterocycles. The number of ether oxygens (including phenoxy) is 2. The first-order valence-electron chi connectivity index (χ1n) is 12.5. The lowest BCUT2D eigenvalue weighted by Crippen LogP contribution is -2.56. The number of benzene rings is 2. The minimum absolute atomic E-state index is 0.0238. The summed E-state index contributed by atoms with van der Waals surface area (Å²) in [5.74, 6) is -2.83. The molecule has 0 aliphatic carbocycles. The van der Waals surface area contributed by atoms with E-state index in [1.54, 1.807) is 9.47 Å². The van der Waals surface area contributed by atoms with Crippen LogP contribution in [-0.2, 0) is 24.3 Å². The summed E-state index contributed by atoms with van der Waals surface area (Å²) in [4.78, 5) is 42.6. The number of nitrogens with one attached hydrogen (secondary N) is 1. The molecule has 3 aliphatic heterocycles. The van der Waals surface area contributed by atoms with Crippen LogP contribution in [-0.4, -0.2) is 40.2 Å². The summed E-state index contributed by atoms with van der Waals surface area (Å²) in [5.41, 5.74) is -0.355. The van der Waals surface area contributed by atoms with E-state index in [0.717, 1.165) is 17.7 Å². The zero-order valence-corrected chi connectivity index (χ0v) is 20.6. The van der Waals surface area contributed by atoms with Crippen molar-refractivity contribution >= 4 is 11.8 Å². The van der Waals surface area contributed by atoms with E-state index < -0.39 is 28.7 Å². The average Bonchev–Trinajstić information content (AvgIpc) is 3.51. The number of rotatable bonds is 6. The van der Waals surface area contributed by atoms with Crippen LogP contribution in [0.1, 0.15) is 57.1 Å². The van der Waals surface area contributed by atoms with Gasteiger partial charge in [-0.1, -0.05) is 36.4 Å². The number of aromatic nitrogens is 1. The van der Waals surface area contributed by atoms with Crippen LogP contribution in [0, 0.1) is 11.6 Å². The Bertz CT molecular complexity index is 1520. The van der Waals surface area contributed by atoms with E-state index >= 15 is 0 Å². The molecular formula is C28H25F2N3O5. The first kappa shape index (κ1) is 24.3. The number of hydrogen-bond acceptors (Lipinski definition) is 5. The van der Waals surface area contributed by atoms with Gasteiger partial charge in [-0.15, -0.1) is 0 Å². The van der Waals surface area contributed by atoms with Gasteiger partial charge in [-0.25, -0.2) is 8.78 Å². The van der Waals surface area contributed by atoms with E-state index in [1.807, 2.05) is 37.3 Å². The van der Waals surface area contributed by atoms with E-state index in [-0.39, 0.29) is 47.7 Å². The highest BCUT2D eigenvalue weighted by molar-refractivity contribution is 6.01. The van der Waals surface area contributed by atoms with Crippen LogP contribution in [0.3, 0.4) is 0 Å². The highest BCUT2D eigenvalue weighted by atomic mass is 19.1. The summed E-state index contributed by atoms with van der Waals surface area (Å²) in [5, 5.41) is 2.59. The molecule has 0 bridgehead atoms. The lowest BCUT2D eigenvalue weighted by atomic mass is 9.98. The van der Waals surface area contributed by atoms with Crippen LogP contribution in [0.2, 0.25) is 0 Å². The van der Waals surface area contributed by atoms with Crippen molar-refractivity contribution in [1.82, 2.24) is 14.8 Å². The van der Waals surface area contributed by atoms with Gasteiger partial charge in [-0.05, 0) is 31.4 Å². The van der Waals surface area contributed by atoms with Crippen molar-refractivity contribution in [3.05, 3.63) is 98.5 Å². The normalized spacial score (nSPS) is 21.3. The van der Waals surface area contributed by atoms with Gasteiger partial charge in [0.25, 0.3) is 11.8 Å². The number of carbonyl (C=O) groups is 2. The molecule has 3 aromatic rings. The standard InChI is InChI=1S/C28H25F2N3O5/c1-28-21-10-9-20-22(26(35)31-14-17-7-8-18(29)13-19(17)30)24(34)25(37-15-16-5-3-2-4-6-16)23(33(20)21)27(36)32(28)11-12-38-28/h2-8,13,21H,9-12,14-15H2,1H3,(H,31,35). The fraction of sp³-hybridized carbons (Fsp3) is 0.321. The van der Waals surface area contributed by atoms with Gasteiger partial charge in [-0.3, -0.25) is 14.4 Å². The summed E-state index contributed by atoms with van der Waals surface area (Å²) in [6, 6.07) is 11.9. The smallest absolute Gasteiger partial charge is 0.276 e. The Morgan fingerprint density at radius 1 is 1.18 bits per heavy atom. The number of carbonyl (C=O) groups excluding carboxylic acids is 2. The second kappa shape index (κ2) is 9.05. The van der Waals surface area contributed by atoms with E-state index in [4.69, 9.17) is 9.47 Å². The van der Waals surface area contributed by atoms with Crippen LogP contribution in [0.5, 0.6) is 5.75 Å². The summed E-state index contributed by atoms with van der Waals surface area (Å²) in [6.45, 7) is 2.38. The van der Waals surface area contributed by atoms with E-state index in [0.29, 0.717) is 31.7 Å². The fourth-order valence-corrected chi connectivity index (χ4v) is 5.79. The molecule has 8 nitrogen and oxygen atoms in total. The Hall–Kier alpha value is -4.05. The second-order valence-corrected chi connectivity index (χ2v) is 9.81. The van der Waals surface area contributed by atoms with Gasteiger partial charge in [0.15, 0.2) is 17.2 Å². The molecule has 4 heterocycles. The Morgan fingerprint density at radius 3 is 2.74 bits per heavy atom. The van der Waals surface area contributed by atoms with Gasteiger partial charge in [0, 0.05) is 30.4 Å². The fourth-order valence-electron chi connectivity index (χ4n) is 5.79. The molecule has 10 heteroatoms. The first-order valence-corrected chi connectivity index (χ1v) is 12.5. The molecule has 2 unspecified atom stereocenters. The van der Waals surface area contributed by atoms with Crippen molar-refractivity contribution in [1.29, 1.82) is 0 Å². The van der Waals surface area contributed by atoms with Crippen LogP contribution >= 0.6 is 0 Å². The van der Waals surface area contributed by atoms with Crippen LogP contribution in [0.4, 0.5) is 8.78 Å². The average molecular weight is 522 g/mol. The SMILES string of the molecule is CC12OCCN1C(=O)c1c(OCc3ccccc3)c(=O)c(C(=O)NCc3ccc(F)cc3F)c3n1C2CC3. The third kappa shape index (κ3) is 3.70. The van der Waals surface area contributed by atoms with Gasteiger partial charge >= 0.3 is 0 Å². The van der Waals surface area contributed by atoms with Gasteiger partial charge in [0.05, 0.1) is 12.6 Å². The predicted molar refractivity (Wildman–Crippen MR) is 132 cm³/mol. The first-order chi connectivity index (χ1) is 18.3. The predicted octanol–water partition coefficient (Wildman–Crippen LogP) is 3.33. The molecule has 2 amide bonds. The molecule has 0 radical (unpaired) electrons. The Labute approximate surface area is 216 Å². The summed E-state index contributed by atoms with van der Waals surface area (Å²) < 4.78 is 41.2. The number of pyridine rings is 1. The summed E-state index contributed by atoms with van der Waals surface area (Å²) in [6.07, 6.45) is 0.932. The molecule has 2 aromatic carbocycles. The van der Waals surface area contributed by atoms with Gasteiger partial charge < -0.3 is 24.3 Å². The van der Waals surface area contributed by atoms with Crippen molar-refractivity contribution in [2.45, 2.75) is 44.7 Å². The van der Waals surface area contributed by atoms with E-state index in [1.165, 1.54) is 6.07 Å². The van der Waals surface area contributed by atoms with Gasteiger partial charge in [0.2, 0.25) is 5.43 Å². The molecule has 0 spiro atoms. The number of hydrogen-bond donors (Lipinski definition) is 1. The van der Waals surface area contributed by atoms with Crippen molar-refractivity contribution in [3.63, 3.8) is 0 Å². The topological polar surface area (TPSA) is 89.9 Å². The highest BCUT2D eigenvalue weighted by Crippen LogP contribution is 2.48. The third-order valence-electron chi connectivity index (χ3n) is 7.65. The molecule has 1 N–H and O–H groups in total. The molecule has 1 aromatic heterocycles. The molecular weight excluding hydrogens is 496 g/mol. The molecule has 3 aliphatic rings. The zero-order chi connectivity index (χ0) is 26.6. The van der Waals surface area contributed by atoms with Crippen LogP contribution in [0.15, 0.2) is 53.3 Å². The maximum atomic E-state index is 14.2. The van der Waals surface area contributed by atoms with Crippen molar-refractivity contribution in [3.8, 4) is 5.75 Å². The minimum atomic E-state index is -0.911. The van der Waals surface area contributed by atoms with Crippen molar-refractivity contribution in [2.24, 2.45) is 0 Å². The minimum Gasteiger partial charge on any atom is -0.483 e. The van der Waals surface area contributed by atoms with Crippen molar-refractivity contribution in [2.75, 3.05) is 13.2 Å².